The molecular formula is C25H28O3S. The smallest absolute Gasteiger partial charge is 0.345 e. The summed E-state index contributed by atoms with van der Waals surface area (Å²) in [5, 5.41) is 1.11. The Kier molecular flexibility index (Phi) is 5.95. The highest BCUT2D eigenvalue weighted by atomic mass is 32.2. The molecule has 3 rings (SSSR count). The van der Waals surface area contributed by atoms with Gasteiger partial charge in [-0.3, -0.25) is 0 Å². The summed E-state index contributed by atoms with van der Waals surface area (Å²) in [6.45, 7) is 13.9. The number of benzene rings is 2. The highest BCUT2D eigenvalue weighted by molar-refractivity contribution is 7.96. The Morgan fingerprint density at radius 3 is 2.34 bits per heavy atom. The number of furan rings is 1. The SMILES string of the molecule is C=C(C)C(=O)OSC(C)(C)CC(C)(C)c1ccc(-c2cc3ccccc3o2)cc1. The van der Waals surface area contributed by atoms with Crippen molar-refractivity contribution in [3.8, 4) is 11.3 Å². The normalized spacial score (nSPS) is 12.2. The minimum Gasteiger partial charge on any atom is -0.456 e. The van der Waals surface area contributed by atoms with E-state index >= 15 is 0 Å². The maximum atomic E-state index is 11.7. The first-order valence-corrected chi connectivity index (χ1v) is 10.5. The van der Waals surface area contributed by atoms with Crippen LogP contribution in [0.4, 0.5) is 0 Å². The average molecular weight is 409 g/mol. The van der Waals surface area contributed by atoms with E-state index in [0.29, 0.717) is 5.57 Å². The highest BCUT2D eigenvalue weighted by Crippen LogP contribution is 2.40. The average Bonchev–Trinajstić information content (AvgIpc) is 3.09. The summed E-state index contributed by atoms with van der Waals surface area (Å²) in [6, 6.07) is 18.6. The Morgan fingerprint density at radius 1 is 1.07 bits per heavy atom. The Balaban J connectivity index is 1.73. The summed E-state index contributed by atoms with van der Waals surface area (Å²) in [5.74, 6) is 0.509. The van der Waals surface area contributed by atoms with Gasteiger partial charge in [-0.2, -0.15) is 0 Å². The van der Waals surface area contributed by atoms with E-state index < -0.39 is 0 Å². The van der Waals surface area contributed by atoms with Gasteiger partial charge in [0.05, 0.1) is 12.0 Å². The molecular weight excluding hydrogens is 380 g/mol. The van der Waals surface area contributed by atoms with Crippen LogP contribution in [0.5, 0.6) is 0 Å². The highest BCUT2D eigenvalue weighted by Gasteiger charge is 2.32. The molecule has 0 bridgehead atoms. The summed E-state index contributed by atoms with van der Waals surface area (Å²) in [4.78, 5) is 11.7. The maximum absolute atomic E-state index is 11.7. The molecule has 0 atom stereocenters. The topological polar surface area (TPSA) is 39.4 Å². The van der Waals surface area contributed by atoms with Crippen LogP contribution in [-0.2, 0) is 14.4 Å². The summed E-state index contributed by atoms with van der Waals surface area (Å²) < 4.78 is 11.1. The number of hydrogen-bond donors (Lipinski definition) is 0. The van der Waals surface area contributed by atoms with Crippen LogP contribution in [0.2, 0.25) is 0 Å². The van der Waals surface area contributed by atoms with E-state index in [-0.39, 0.29) is 16.1 Å². The van der Waals surface area contributed by atoms with Crippen molar-refractivity contribution in [2.24, 2.45) is 0 Å². The minimum absolute atomic E-state index is 0.0848. The van der Waals surface area contributed by atoms with Gasteiger partial charge < -0.3 is 8.60 Å². The lowest BCUT2D eigenvalue weighted by molar-refractivity contribution is -0.128. The molecule has 0 aliphatic carbocycles. The lowest BCUT2D eigenvalue weighted by atomic mass is 9.77. The molecule has 0 fully saturated rings. The number of para-hydroxylation sites is 1. The molecule has 0 radical (unpaired) electrons. The number of rotatable bonds is 7. The van der Waals surface area contributed by atoms with Crippen molar-refractivity contribution in [3.05, 3.63) is 72.3 Å². The first-order chi connectivity index (χ1) is 13.6. The summed E-state index contributed by atoms with van der Waals surface area (Å²) >= 11 is 1.21. The fourth-order valence-electron chi connectivity index (χ4n) is 3.63. The third-order valence-electron chi connectivity index (χ3n) is 4.94. The number of carbonyl (C=O) groups excluding carboxylic acids is 1. The first-order valence-electron chi connectivity index (χ1n) is 9.72. The standard InChI is InChI=1S/C25H28O3S/c1-17(2)23(26)28-29-25(5,6)16-24(3,4)20-13-11-18(12-14-20)22-15-19-9-7-8-10-21(19)27-22/h7-15H,1,16H2,2-6H3. The molecule has 3 nitrogen and oxygen atoms in total. The second kappa shape index (κ2) is 8.11. The van der Waals surface area contributed by atoms with Crippen LogP contribution in [0.25, 0.3) is 22.3 Å². The van der Waals surface area contributed by atoms with Crippen molar-refractivity contribution in [1.82, 2.24) is 0 Å². The zero-order valence-corrected chi connectivity index (χ0v) is 18.6. The molecule has 29 heavy (non-hydrogen) atoms. The monoisotopic (exact) mass is 408 g/mol. The van der Waals surface area contributed by atoms with Crippen molar-refractivity contribution >= 4 is 29.0 Å². The molecule has 0 aliphatic rings. The molecule has 0 amide bonds. The lowest BCUT2D eigenvalue weighted by Gasteiger charge is -2.34. The lowest BCUT2D eigenvalue weighted by Crippen LogP contribution is -2.29. The van der Waals surface area contributed by atoms with Gasteiger partial charge in [0.1, 0.15) is 11.3 Å². The van der Waals surface area contributed by atoms with Crippen molar-refractivity contribution in [3.63, 3.8) is 0 Å². The zero-order valence-electron chi connectivity index (χ0n) is 17.7. The van der Waals surface area contributed by atoms with E-state index in [2.05, 4.69) is 70.7 Å². The van der Waals surface area contributed by atoms with Gasteiger partial charge in [-0.1, -0.05) is 62.9 Å². The van der Waals surface area contributed by atoms with Gasteiger partial charge >= 0.3 is 5.97 Å². The molecule has 2 aromatic carbocycles. The van der Waals surface area contributed by atoms with Crippen LogP contribution in [0.3, 0.4) is 0 Å². The Hall–Kier alpha value is -2.46. The summed E-state index contributed by atoms with van der Waals surface area (Å²) in [7, 11) is 0. The van der Waals surface area contributed by atoms with Gasteiger partial charge in [-0.05, 0) is 50.3 Å². The quantitative estimate of drug-likeness (QED) is 0.303. The van der Waals surface area contributed by atoms with Gasteiger partial charge in [0.2, 0.25) is 0 Å². The molecule has 1 heterocycles. The van der Waals surface area contributed by atoms with E-state index in [9.17, 15) is 4.79 Å². The van der Waals surface area contributed by atoms with Gasteiger partial charge in [-0.25, -0.2) is 4.79 Å². The van der Waals surface area contributed by atoms with Crippen molar-refractivity contribution in [2.75, 3.05) is 0 Å². The zero-order chi connectivity index (χ0) is 21.2. The van der Waals surface area contributed by atoms with Gasteiger partial charge in [0.15, 0.2) is 0 Å². The third kappa shape index (κ3) is 5.13. The third-order valence-corrected chi connectivity index (χ3v) is 5.77. The van der Waals surface area contributed by atoms with E-state index in [0.717, 1.165) is 28.7 Å². The molecule has 4 heteroatoms. The molecule has 0 saturated heterocycles. The molecule has 152 valence electrons. The van der Waals surface area contributed by atoms with Gasteiger partial charge in [0.25, 0.3) is 0 Å². The van der Waals surface area contributed by atoms with Crippen LogP contribution < -0.4 is 0 Å². The van der Waals surface area contributed by atoms with E-state index in [1.54, 1.807) is 6.92 Å². The Labute approximate surface area is 177 Å². The van der Waals surface area contributed by atoms with Crippen molar-refractivity contribution in [1.29, 1.82) is 0 Å². The van der Waals surface area contributed by atoms with Gasteiger partial charge in [0, 0.05) is 21.3 Å². The van der Waals surface area contributed by atoms with E-state index in [4.69, 9.17) is 8.60 Å². The number of fused-ring (bicyclic) bond motifs is 1. The van der Waals surface area contributed by atoms with Crippen LogP contribution in [-0.4, -0.2) is 10.7 Å². The van der Waals surface area contributed by atoms with Crippen LogP contribution >= 0.6 is 12.0 Å². The predicted molar refractivity (Wildman–Crippen MR) is 122 cm³/mol. The molecule has 0 aliphatic heterocycles. The molecule has 3 aromatic rings. The molecule has 1 aromatic heterocycles. The van der Waals surface area contributed by atoms with Crippen LogP contribution in [0.1, 0.15) is 46.6 Å². The van der Waals surface area contributed by atoms with E-state index in [1.807, 2.05) is 18.2 Å². The fraction of sp³-hybridized carbons (Fsp3) is 0.320. The van der Waals surface area contributed by atoms with Gasteiger partial charge in [-0.15, -0.1) is 0 Å². The second-order valence-corrected chi connectivity index (χ2v) is 10.2. The predicted octanol–water partition coefficient (Wildman–Crippen LogP) is 7.31. The van der Waals surface area contributed by atoms with Crippen molar-refractivity contribution in [2.45, 2.75) is 51.2 Å². The maximum Gasteiger partial charge on any atom is 0.345 e. The summed E-state index contributed by atoms with van der Waals surface area (Å²) in [6.07, 6.45) is 0.845. The van der Waals surface area contributed by atoms with Crippen LogP contribution in [0.15, 0.2) is 71.2 Å². The molecule has 0 N–H and O–H groups in total. The molecule has 0 saturated carbocycles. The van der Waals surface area contributed by atoms with E-state index in [1.165, 1.54) is 17.6 Å². The minimum atomic E-state index is -0.365. The number of hydrogen-bond acceptors (Lipinski definition) is 4. The Bertz CT molecular complexity index is 993. The number of carbonyl (C=O) groups is 1. The summed E-state index contributed by atoms with van der Waals surface area (Å²) in [5.41, 5.74) is 3.52. The second-order valence-electron chi connectivity index (χ2n) is 8.78. The van der Waals surface area contributed by atoms with Crippen molar-refractivity contribution < 1.29 is 13.4 Å². The molecule has 0 spiro atoms. The largest absolute Gasteiger partial charge is 0.456 e. The Morgan fingerprint density at radius 2 is 1.72 bits per heavy atom. The van der Waals surface area contributed by atoms with Crippen LogP contribution in [0, 0.1) is 0 Å². The molecule has 0 unspecified atom stereocenters. The first kappa shape index (κ1) is 21.3. The fourth-order valence-corrected chi connectivity index (χ4v) is 4.49.